The Bertz CT molecular complexity index is 1170. The van der Waals surface area contributed by atoms with Crippen LogP contribution in [0.2, 0.25) is 0 Å². The van der Waals surface area contributed by atoms with Crippen molar-refractivity contribution >= 4 is 11.0 Å². The quantitative estimate of drug-likeness (QED) is 0.404. The van der Waals surface area contributed by atoms with Crippen LogP contribution in [0.5, 0.6) is 0 Å². The molecule has 0 fully saturated rings. The molecule has 0 spiro atoms. The molecule has 134 valence electrons. The standard InChI is InChI=1S/C25H22O2/c1-4-18-10-12-20(13-11-18)24-16(2)14-22-25(17(24)3)21(15-23(26)27-22)19-8-6-5-7-9-19/h5-15H,4H2,1-3H3. The lowest BCUT2D eigenvalue weighted by atomic mass is 9.89. The second kappa shape index (κ2) is 6.88. The summed E-state index contributed by atoms with van der Waals surface area (Å²) in [6.07, 6.45) is 1.03. The van der Waals surface area contributed by atoms with Gasteiger partial charge in [0.2, 0.25) is 0 Å². The lowest BCUT2D eigenvalue weighted by molar-refractivity contribution is 0.561. The smallest absolute Gasteiger partial charge is 0.336 e. The monoisotopic (exact) mass is 354 g/mol. The average molecular weight is 354 g/mol. The summed E-state index contributed by atoms with van der Waals surface area (Å²) >= 11 is 0. The molecule has 0 N–H and O–H groups in total. The van der Waals surface area contributed by atoms with Crippen LogP contribution >= 0.6 is 0 Å². The van der Waals surface area contributed by atoms with E-state index in [1.165, 1.54) is 16.7 Å². The van der Waals surface area contributed by atoms with Crippen LogP contribution in [-0.2, 0) is 6.42 Å². The van der Waals surface area contributed by atoms with Crippen LogP contribution in [0, 0.1) is 13.8 Å². The van der Waals surface area contributed by atoms with Crippen LogP contribution < -0.4 is 5.63 Å². The van der Waals surface area contributed by atoms with Crippen molar-refractivity contribution in [2.24, 2.45) is 0 Å². The molecule has 0 amide bonds. The summed E-state index contributed by atoms with van der Waals surface area (Å²) in [5.41, 5.74) is 8.23. The molecule has 27 heavy (non-hydrogen) atoms. The van der Waals surface area contributed by atoms with Gasteiger partial charge in [-0.1, -0.05) is 61.5 Å². The zero-order valence-corrected chi connectivity index (χ0v) is 15.9. The molecular weight excluding hydrogens is 332 g/mol. The molecule has 2 nitrogen and oxygen atoms in total. The highest BCUT2D eigenvalue weighted by molar-refractivity contribution is 6.00. The number of benzene rings is 3. The molecule has 4 aromatic rings. The third-order valence-electron chi connectivity index (χ3n) is 5.22. The van der Waals surface area contributed by atoms with Gasteiger partial charge in [0.15, 0.2) is 0 Å². The molecule has 0 unspecified atom stereocenters. The number of fused-ring (bicyclic) bond motifs is 1. The van der Waals surface area contributed by atoms with Crippen LogP contribution in [0.3, 0.4) is 0 Å². The van der Waals surface area contributed by atoms with Crippen molar-refractivity contribution in [2.75, 3.05) is 0 Å². The highest BCUT2D eigenvalue weighted by atomic mass is 16.4. The minimum absolute atomic E-state index is 0.319. The van der Waals surface area contributed by atoms with Gasteiger partial charge in [0.05, 0.1) is 0 Å². The van der Waals surface area contributed by atoms with E-state index in [9.17, 15) is 4.79 Å². The fourth-order valence-corrected chi connectivity index (χ4v) is 3.89. The van der Waals surface area contributed by atoms with E-state index < -0.39 is 0 Å². The maximum atomic E-state index is 12.2. The van der Waals surface area contributed by atoms with Crippen LogP contribution in [0.4, 0.5) is 0 Å². The minimum atomic E-state index is -0.319. The van der Waals surface area contributed by atoms with Crippen LogP contribution in [0.1, 0.15) is 23.6 Å². The van der Waals surface area contributed by atoms with Crippen LogP contribution in [-0.4, -0.2) is 0 Å². The van der Waals surface area contributed by atoms with Crippen molar-refractivity contribution < 1.29 is 4.42 Å². The molecule has 0 saturated heterocycles. The summed E-state index contributed by atoms with van der Waals surface area (Å²) in [6.45, 7) is 6.35. The highest BCUT2D eigenvalue weighted by Gasteiger charge is 2.16. The van der Waals surface area contributed by atoms with Gasteiger partial charge in [0.1, 0.15) is 5.58 Å². The molecule has 3 aromatic carbocycles. The fraction of sp³-hybridized carbons (Fsp3) is 0.160. The molecular formula is C25H22O2. The van der Waals surface area contributed by atoms with E-state index in [1.807, 2.05) is 36.4 Å². The first kappa shape index (κ1) is 17.3. The molecule has 2 heteroatoms. The molecule has 4 rings (SSSR count). The maximum absolute atomic E-state index is 12.2. The van der Waals surface area contributed by atoms with Gasteiger partial charge < -0.3 is 4.42 Å². The molecule has 0 bridgehead atoms. The van der Waals surface area contributed by atoms with Gasteiger partial charge in [0, 0.05) is 17.0 Å². The SMILES string of the molecule is CCc1ccc(-c2c(C)cc3oc(=O)cc(-c4ccccc4)c3c2C)cc1. The summed E-state index contributed by atoms with van der Waals surface area (Å²) in [6, 6.07) is 22.3. The van der Waals surface area contributed by atoms with E-state index >= 15 is 0 Å². The van der Waals surface area contributed by atoms with Crippen molar-refractivity contribution in [1.82, 2.24) is 0 Å². The van der Waals surface area contributed by atoms with Crippen molar-refractivity contribution in [3.05, 3.63) is 93.8 Å². The first-order chi connectivity index (χ1) is 13.1. The van der Waals surface area contributed by atoms with E-state index in [-0.39, 0.29) is 5.63 Å². The Balaban J connectivity index is 2.05. The molecule has 0 atom stereocenters. The lowest BCUT2D eigenvalue weighted by Gasteiger charge is -2.16. The number of hydrogen-bond donors (Lipinski definition) is 0. The van der Waals surface area contributed by atoms with Gasteiger partial charge in [-0.25, -0.2) is 4.79 Å². The Morgan fingerprint density at radius 2 is 1.56 bits per heavy atom. The molecule has 0 aliphatic carbocycles. The summed E-state index contributed by atoms with van der Waals surface area (Å²) in [4.78, 5) is 12.2. The Hall–Kier alpha value is -3.13. The van der Waals surface area contributed by atoms with Gasteiger partial charge in [-0.05, 0) is 59.7 Å². The lowest BCUT2D eigenvalue weighted by Crippen LogP contribution is -2.01. The maximum Gasteiger partial charge on any atom is 0.336 e. The molecule has 0 aliphatic heterocycles. The summed E-state index contributed by atoms with van der Waals surface area (Å²) in [7, 11) is 0. The Labute approximate surface area is 159 Å². The summed E-state index contributed by atoms with van der Waals surface area (Å²) < 4.78 is 5.56. The molecule has 1 aromatic heterocycles. The first-order valence-electron chi connectivity index (χ1n) is 9.31. The Morgan fingerprint density at radius 1 is 0.852 bits per heavy atom. The van der Waals surface area contributed by atoms with E-state index in [1.54, 1.807) is 6.07 Å². The fourth-order valence-electron chi connectivity index (χ4n) is 3.89. The van der Waals surface area contributed by atoms with E-state index in [0.717, 1.165) is 34.1 Å². The van der Waals surface area contributed by atoms with Crippen molar-refractivity contribution in [2.45, 2.75) is 27.2 Å². The van der Waals surface area contributed by atoms with Crippen molar-refractivity contribution in [1.29, 1.82) is 0 Å². The van der Waals surface area contributed by atoms with E-state index in [0.29, 0.717) is 5.58 Å². The third-order valence-corrected chi connectivity index (χ3v) is 5.22. The normalized spacial score (nSPS) is 11.1. The van der Waals surface area contributed by atoms with Crippen molar-refractivity contribution in [3.8, 4) is 22.3 Å². The van der Waals surface area contributed by atoms with Crippen LogP contribution in [0.15, 0.2) is 75.9 Å². The molecule has 0 aliphatic rings. The summed E-state index contributed by atoms with van der Waals surface area (Å²) in [5, 5.41) is 1.00. The number of rotatable bonds is 3. The van der Waals surface area contributed by atoms with Gasteiger partial charge in [-0.3, -0.25) is 0 Å². The zero-order valence-electron chi connectivity index (χ0n) is 15.9. The van der Waals surface area contributed by atoms with Gasteiger partial charge in [0.25, 0.3) is 0 Å². The highest BCUT2D eigenvalue weighted by Crippen LogP contribution is 2.37. The predicted molar refractivity (Wildman–Crippen MR) is 112 cm³/mol. The van der Waals surface area contributed by atoms with Crippen molar-refractivity contribution in [3.63, 3.8) is 0 Å². The molecule has 1 heterocycles. The molecule has 0 radical (unpaired) electrons. The summed E-state index contributed by atoms with van der Waals surface area (Å²) in [5.74, 6) is 0. The first-order valence-corrected chi connectivity index (χ1v) is 9.31. The molecule has 0 saturated carbocycles. The Kier molecular flexibility index (Phi) is 4.41. The third kappa shape index (κ3) is 3.08. The van der Waals surface area contributed by atoms with Gasteiger partial charge in [-0.15, -0.1) is 0 Å². The van der Waals surface area contributed by atoms with Gasteiger partial charge >= 0.3 is 5.63 Å². The number of aryl methyl sites for hydroxylation is 3. The second-order valence-corrected chi connectivity index (χ2v) is 6.96. The Morgan fingerprint density at radius 3 is 2.22 bits per heavy atom. The second-order valence-electron chi connectivity index (χ2n) is 6.96. The average Bonchev–Trinajstić information content (AvgIpc) is 2.68. The predicted octanol–water partition coefficient (Wildman–Crippen LogP) is 6.31. The van der Waals surface area contributed by atoms with E-state index in [4.69, 9.17) is 4.42 Å². The van der Waals surface area contributed by atoms with Crippen LogP contribution in [0.25, 0.3) is 33.2 Å². The largest absolute Gasteiger partial charge is 0.423 e. The zero-order chi connectivity index (χ0) is 19.0. The number of hydrogen-bond acceptors (Lipinski definition) is 2. The topological polar surface area (TPSA) is 30.2 Å². The van der Waals surface area contributed by atoms with Gasteiger partial charge in [-0.2, -0.15) is 0 Å². The van der Waals surface area contributed by atoms with E-state index in [2.05, 4.69) is 45.0 Å². The minimum Gasteiger partial charge on any atom is -0.423 e.